The number of hydrogen-bond acceptors (Lipinski definition) is 5. The van der Waals surface area contributed by atoms with Crippen LogP contribution in [0.3, 0.4) is 0 Å². The Morgan fingerprint density at radius 2 is 1.94 bits per heavy atom. The van der Waals surface area contributed by atoms with Crippen LogP contribution in [0.15, 0.2) is 66.8 Å². The van der Waals surface area contributed by atoms with Gasteiger partial charge in [0.05, 0.1) is 5.92 Å². The molecule has 5 rings (SSSR count). The highest BCUT2D eigenvalue weighted by atomic mass is 32.2. The minimum Gasteiger partial charge on any atom is -0.490 e. The van der Waals surface area contributed by atoms with Crippen LogP contribution in [-0.2, 0) is 4.79 Å². The minimum atomic E-state index is 0.101. The van der Waals surface area contributed by atoms with Gasteiger partial charge in [0.2, 0.25) is 5.91 Å². The second kappa shape index (κ2) is 11.8. The molecule has 6 heteroatoms. The summed E-state index contributed by atoms with van der Waals surface area (Å²) in [5, 5.41) is 3.12. The number of carbonyl (C=O) groups excluding carboxylic acids is 1. The molecule has 192 valence electrons. The van der Waals surface area contributed by atoms with E-state index in [9.17, 15) is 4.79 Å². The van der Waals surface area contributed by atoms with Gasteiger partial charge in [-0.2, -0.15) is 11.8 Å². The van der Waals surface area contributed by atoms with Crippen molar-refractivity contribution in [1.82, 2.24) is 9.80 Å². The molecule has 2 atom stereocenters. The summed E-state index contributed by atoms with van der Waals surface area (Å²) in [7, 11) is 0. The van der Waals surface area contributed by atoms with Gasteiger partial charge in [0.25, 0.3) is 0 Å². The van der Waals surface area contributed by atoms with Crippen molar-refractivity contribution in [2.45, 2.75) is 37.7 Å². The maximum atomic E-state index is 12.5. The zero-order valence-corrected chi connectivity index (χ0v) is 22.1. The molecule has 1 aromatic carbocycles. The first-order valence-corrected chi connectivity index (χ1v) is 14.6. The Labute approximate surface area is 220 Å². The minimum absolute atomic E-state index is 0.101. The summed E-state index contributed by atoms with van der Waals surface area (Å²) in [5.74, 6) is 3.64. The number of piperidine rings is 1. The van der Waals surface area contributed by atoms with Crippen molar-refractivity contribution >= 4 is 23.4 Å². The van der Waals surface area contributed by atoms with Crippen LogP contribution < -0.4 is 10.1 Å². The van der Waals surface area contributed by atoms with Gasteiger partial charge in [-0.25, -0.2) is 0 Å². The van der Waals surface area contributed by atoms with E-state index in [1.165, 1.54) is 16.7 Å². The van der Waals surface area contributed by atoms with Crippen LogP contribution in [0.1, 0.15) is 37.2 Å². The number of hydrogen-bond donors (Lipinski definition) is 1. The Morgan fingerprint density at radius 3 is 2.69 bits per heavy atom. The fourth-order valence-corrected chi connectivity index (χ4v) is 7.19. The maximum Gasteiger partial charge on any atom is 0.228 e. The third-order valence-corrected chi connectivity index (χ3v) is 9.24. The highest BCUT2D eigenvalue weighted by molar-refractivity contribution is 7.99. The smallest absolute Gasteiger partial charge is 0.228 e. The van der Waals surface area contributed by atoms with E-state index in [4.69, 9.17) is 4.74 Å². The van der Waals surface area contributed by atoms with Gasteiger partial charge in [-0.05, 0) is 72.3 Å². The Balaban J connectivity index is 1.08. The summed E-state index contributed by atoms with van der Waals surface area (Å²) in [6.45, 7) is 14.3. The van der Waals surface area contributed by atoms with E-state index in [2.05, 4.69) is 46.5 Å². The average molecular weight is 506 g/mol. The number of anilines is 1. The van der Waals surface area contributed by atoms with E-state index in [1.807, 2.05) is 36.0 Å². The molecular weight excluding hydrogens is 466 g/mol. The molecule has 1 amide bonds. The number of nitrogens with one attached hydrogen (secondary N) is 1. The van der Waals surface area contributed by atoms with Crippen LogP contribution in [0.4, 0.5) is 5.69 Å². The van der Waals surface area contributed by atoms with Gasteiger partial charge in [-0.15, -0.1) is 0 Å². The van der Waals surface area contributed by atoms with E-state index < -0.39 is 0 Å². The molecule has 36 heavy (non-hydrogen) atoms. The summed E-state index contributed by atoms with van der Waals surface area (Å²) in [4.78, 5) is 17.6. The van der Waals surface area contributed by atoms with Crippen LogP contribution in [0.5, 0.6) is 5.75 Å². The lowest BCUT2D eigenvalue weighted by Gasteiger charge is -2.37. The van der Waals surface area contributed by atoms with Crippen molar-refractivity contribution in [3.8, 4) is 5.75 Å². The number of likely N-dealkylation sites (tertiary alicyclic amines) is 1. The maximum absolute atomic E-state index is 12.5. The summed E-state index contributed by atoms with van der Waals surface area (Å²) in [6.07, 6.45) is 12.7. The molecule has 2 fully saturated rings. The second-order valence-corrected chi connectivity index (χ2v) is 11.5. The largest absolute Gasteiger partial charge is 0.490 e. The molecule has 5 nitrogen and oxygen atoms in total. The number of allylic oxidation sites excluding steroid dienone is 4. The van der Waals surface area contributed by atoms with Gasteiger partial charge in [0, 0.05) is 50.7 Å². The molecule has 4 aliphatic heterocycles. The van der Waals surface area contributed by atoms with Gasteiger partial charge in [0.1, 0.15) is 11.9 Å². The van der Waals surface area contributed by atoms with Gasteiger partial charge < -0.3 is 15.0 Å². The molecule has 4 heterocycles. The van der Waals surface area contributed by atoms with Crippen molar-refractivity contribution < 1.29 is 9.53 Å². The average Bonchev–Trinajstić information content (AvgIpc) is 2.92. The van der Waals surface area contributed by atoms with Crippen LogP contribution in [-0.4, -0.2) is 72.6 Å². The number of thioether (sulfide) groups is 1. The molecule has 2 saturated heterocycles. The molecule has 1 aromatic rings. The van der Waals surface area contributed by atoms with Crippen molar-refractivity contribution in [2.24, 2.45) is 5.92 Å². The fraction of sp³-hybridized carbons (Fsp3) is 0.500. The highest BCUT2D eigenvalue weighted by Gasteiger charge is 2.38. The number of ether oxygens (including phenoxy) is 1. The number of rotatable bonds is 8. The quantitative estimate of drug-likeness (QED) is 0.489. The molecule has 0 bridgehead atoms. The van der Waals surface area contributed by atoms with Crippen molar-refractivity contribution in [2.75, 3.05) is 56.1 Å². The molecule has 0 saturated carbocycles. The normalized spacial score (nSPS) is 25.8. The van der Waals surface area contributed by atoms with Crippen molar-refractivity contribution in [3.05, 3.63) is 72.4 Å². The van der Waals surface area contributed by atoms with Crippen molar-refractivity contribution in [1.29, 1.82) is 0 Å². The molecule has 0 aromatic heterocycles. The zero-order valence-electron chi connectivity index (χ0n) is 21.3. The van der Waals surface area contributed by atoms with Crippen molar-refractivity contribution in [3.63, 3.8) is 0 Å². The third kappa shape index (κ3) is 5.82. The number of fused-ring (bicyclic) bond motifs is 3. The summed E-state index contributed by atoms with van der Waals surface area (Å²) >= 11 is 1.90. The number of benzene rings is 1. The molecule has 0 spiro atoms. The molecule has 0 aliphatic carbocycles. The standard InChI is InChI=1S/C30H39N3O2S/c1-3-5-22(4-2)23-8-13-32(14-9-23)17-18-33-15-10-24(11-16-33)35-25-6-7-29-27(20-25)26-12-19-36-21-28(26)30(34)31-29/h3-8,20,24,26,28H,1-2,9-19,21H2,(H,31,34)/b22-5+/t26-,28?/m0/s1. The first-order chi connectivity index (χ1) is 17.6. The number of nitrogens with zero attached hydrogens (tertiary/aromatic N) is 2. The Bertz CT molecular complexity index is 1040. The predicted molar refractivity (Wildman–Crippen MR) is 151 cm³/mol. The summed E-state index contributed by atoms with van der Waals surface area (Å²) in [6, 6.07) is 6.28. The number of amides is 1. The van der Waals surface area contributed by atoms with E-state index in [0.29, 0.717) is 5.92 Å². The van der Waals surface area contributed by atoms with Gasteiger partial charge in [-0.3, -0.25) is 9.69 Å². The monoisotopic (exact) mass is 505 g/mol. The van der Waals surface area contributed by atoms with E-state index >= 15 is 0 Å². The van der Waals surface area contributed by atoms with Crippen LogP contribution in [0.2, 0.25) is 0 Å². The Morgan fingerprint density at radius 1 is 1.11 bits per heavy atom. The highest BCUT2D eigenvalue weighted by Crippen LogP contribution is 2.44. The summed E-state index contributed by atoms with van der Waals surface area (Å²) in [5.41, 5.74) is 4.84. The topological polar surface area (TPSA) is 44.8 Å². The van der Waals surface area contributed by atoms with Gasteiger partial charge in [0.15, 0.2) is 0 Å². The van der Waals surface area contributed by atoms with Crippen LogP contribution in [0.25, 0.3) is 0 Å². The van der Waals surface area contributed by atoms with Gasteiger partial charge >= 0.3 is 0 Å². The predicted octanol–water partition coefficient (Wildman–Crippen LogP) is 5.25. The van der Waals surface area contributed by atoms with E-state index in [-0.39, 0.29) is 17.9 Å². The van der Waals surface area contributed by atoms with Crippen LogP contribution in [0, 0.1) is 5.92 Å². The molecule has 0 radical (unpaired) electrons. The SMILES string of the molecule is C=C/C=C(\C=C)C1=CCN(CCN2CCC(Oc3ccc4c(c3)[C@@H]3CCSCC3C(=O)N4)CC2)CC1. The second-order valence-electron chi connectivity index (χ2n) is 10.3. The van der Waals surface area contributed by atoms with E-state index in [1.54, 1.807) is 0 Å². The van der Waals surface area contributed by atoms with E-state index in [0.717, 1.165) is 87.9 Å². The lowest BCUT2D eigenvalue weighted by molar-refractivity contribution is -0.120. The van der Waals surface area contributed by atoms with Crippen LogP contribution >= 0.6 is 11.8 Å². The number of carbonyl (C=O) groups is 1. The molecular formula is C30H39N3O2S. The first kappa shape index (κ1) is 25.4. The zero-order chi connectivity index (χ0) is 24.9. The Hall–Kier alpha value is -2.28. The lowest BCUT2D eigenvalue weighted by atomic mass is 9.80. The first-order valence-electron chi connectivity index (χ1n) is 13.4. The Kier molecular flexibility index (Phi) is 8.35. The van der Waals surface area contributed by atoms with Gasteiger partial charge in [-0.1, -0.05) is 37.5 Å². The summed E-state index contributed by atoms with van der Waals surface area (Å²) < 4.78 is 6.45. The third-order valence-electron chi connectivity index (χ3n) is 8.12. The molecule has 4 aliphatic rings. The molecule has 1 N–H and O–H groups in total. The lowest BCUT2D eigenvalue weighted by Crippen LogP contribution is -2.43. The fourth-order valence-electron chi connectivity index (χ4n) is 5.96. The molecule has 1 unspecified atom stereocenters.